The van der Waals surface area contributed by atoms with Gasteiger partial charge in [-0.3, -0.25) is 10.1 Å². The number of rotatable bonds is 4. The first-order chi connectivity index (χ1) is 8.69. The van der Waals surface area contributed by atoms with Gasteiger partial charge in [0.2, 0.25) is 0 Å². The molecule has 8 heteroatoms. The molecule has 0 saturated carbocycles. The summed E-state index contributed by atoms with van der Waals surface area (Å²) in [6.07, 6.45) is -0.188. The largest absolute Gasteiger partial charge is 0.481 e. The van der Waals surface area contributed by atoms with Crippen LogP contribution in [0.5, 0.6) is 0 Å². The molecule has 0 saturated heterocycles. The fourth-order valence-corrected chi connectivity index (χ4v) is 1.37. The highest BCUT2D eigenvalue weighted by Gasteiger charge is 2.24. The minimum absolute atomic E-state index is 0.0757. The van der Waals surface area contributed by atoms with Crippen molar-refractivity contribution in [2.75, 3.05) is 5.32 Å². The third kappa shape index (κ3) is 4.86. The van der Waals surface area contributed by atoms with Crippen molar-refractivity contribution < 1.29 is 14.7 Å². The first kappa shape index (κ1) is 14.8. The number of nitrogens with one attached hydrogen (secondary N) is 2. The van der Waals surface area contributed by atoms with E-state index < -0.39 is 17.5 Å². The Bertz CT molecular complexity index is 501. The molecule has 0 radical (unpaired) electrons. The normalized spacial score (nSPS) is 10.9. The molecule has 0 aliphatic heterocycles. The number of aromatic nitrogens is 3. The minimum Gasteiger partial charge on any atom is -0.481 e. The van der Waals surface area contributed by atoms with Crippen LogP contribution in [0.1, 0.15) is 31.7 Å². The summed E-state index contributed by atoms with van der Waals surface area (Å²) < 4.78 is 0. The molecule has 1 aromatic heterocycles. The predicted molar refractivity (Wildman–Crippen MR) is 67.8 cm³/mol. The first-order valence-corrected chi connectivity index (χ1v) is 5.68. The molecule has 2 amide bonds. The first-order valence-electron chi connectivity index (χ1n) is 5.68. The standard InChI is InChI=1S/C11H17N5O3/c1-6-7(2)15-16-9(12-6)13-10(19)14-11(3,4)5-8(17)18/h5H2,1-4H3,(H,17,18)(H2,12,13,14,16,19). The summed E-state index contributed by atoms with van der Waals surface area (Å²) in [4.78, 5) is 26.4. The van der Waals surface area contributed by atoms with Crippen LogP contribution >= 0.6 is 0 Å². The number of nitrogens with zero attached hydrogens (tertiary/aromatic N) is 3. The van der Waals surface area contributed by atoms with E-state index in [0.717, 1.165) is 0 Å². The van der Waals surface area contributed by atoms with Crippen molar-refractivity contribution in [3.05, 3.63) is 11.4 Å². The molecular weight excluding hydrogens is 250 g/mol. The molecule has 1 heterocycles. The number of amides is 2. The van der Waals surface area contributed by atoms with Gasteiger partial charge in [0.1, 0.15) is 0 Å². The van der Waals surface area contributed by atoms with Gasteiger partial charge in [0, 0.05) is 5.54 Å². The van der Waals surface area contributed by atoms with E-state index in [0.29, 0.717) is 11.4 Å². The Hall–Kier alpha value is -2.25. The Labute approximate surface area is 110 Å². The van der Waals surface area contributed by atoms with E-state index >= 15 is 0 Å². The van der Waals surface area contributed by atoms with Gasteiger partial charge in [0.25, 0.3) is 5.95 Å². The number of hydrogen-bond donors (Lipinski definition) is 3. The summed E-state index contributed by atoms with van der Waals surface area (Å²) in [7, 11) is 0. The highest BCUT2D eigenvalue weighted by atomic mass is 16.4. The van der Waals surface area contributed by atoms with Crippen LogP contribution in [0.2, 0.25) is 0 Å². The second-order valence-corrected chi connectivity index (χ2v) is 4.84. The number of carboxylic acids is 1. The monoisotopic (exact) mass is 267 g/mol. The van der Waals surface area contributed by atoms with Crippen molar-refractivity contribution in [1.82, 2.24) is 20.5 Å². The number of carbonyl (C=O) groups excluding carboxylic acids is 1. The summed E-state index contributed by atoms with van der Waals surface area (Å²) in [5.74, 6) is -0.916. The lowest BCUT2D eigenvalue weighted by atomic mass is 10.0. The van der Waals surface area contributed by atoms with Gasteiger partial charge >= 0.3 is 12.0 Å². The molecule has 0 spiro atoms. The summed E-state index contributed by atoms with van der Waals surface area (Å²) in [6.45, 7) is 6.73. The number of carboxylic acid groups (broad SMARTS) is 1. The van der Waals surface area contributed by atoms with Crippen LogP contribution in [-0.2, 0) is 4.79 Å². The number of aliphatic carboxylic acids is 1. The lowest BCUT2D eigenvalue weighted by Crippen LogP contribution is -2.47. The highest BCUT2D eigenvalue weighted by Crippen LogP contribution is 2.08. The second kappa shape index (κ2) is 5.59. The van der Waals surface area contributed by atoms with Gasteiger partial charge in [-0.25, -0.2) is 9.78 Å². The van der Waals surface area contributed by atoms with Gasteiger partial charge in [-0.05, 0) is 27.7 Å². The number of urea groups is 1. The molecule has 0 aliphatic rings. The Morgan fingerprint density at radius 2 is 1.84 bits per heavy atom. The smallest absolute Gasteiger partial charge is 0.322 e. The van der Waals surface area contributed by atoms with E-state index in [4.69, 9.17) is 5.11 Å². The molecule has 19 heavy (non-hydrogen) atoms. The minimum atomic E-state index is -0.991. The zero-order valence-electron chi connectivity index (χ0n) is 11.3. The van der Waals surface area contributed by atoms with Crippen LogP contribution in [0.4, 0.5) is 10.7 Å². The van der Waals surface area contributed by atoms with E-state index in [9.17, 15) is 9.59 Å². The van der Waals surface area contributed by atoms with Crippen molar-refractivity contribution in [2.24, 2.45) is 0 Å². The average molecular weight is 267 g/mol. The van der Waals surface area contributed by atoms with Gasteiger partial charge < -0.3 is 10.4 Å². The topological polar surface area (TPSA) is 117 Å². The van der Waals surface area contributed by atoms with E-state index in [1.54, 1.807) is 27.7 Å². The van der Waals surface area contributed by atoms with Gasteiger partial charge in [-0.15, -0.1) is 5.10 Å². The number of carbonyl (C=O) groups is 2. The molecule has 0 atom stereocenters. The molecule has 0 aromatic carbocycles. The maximum Gasteiger partial charge on any atom is 0.322 e. The lowest BCUT2D eigenvalue weighted by Gasteiger charge is -2.23. The van der Waals surface area contributed by atoms with Gasteiger partial charge in [-0.2, -0.15) is 5.10 Å². The van der Waals surface area contributed by atoms with Crippen molar-refractivity contribution in [2.45, 2.75) is 39.7 Å². The number of hydrogen-bond acceptors (Lipinski definition) is 5. The fraction of sp³-hybridized carbons (Fsp3) is 0.545. The molecule has 0 bridgehead atoms. The Morgan fingerprint density at radius 3 is 2.37 bits per heavy atom. The molecule has 0 fully saturated rings. The van der Waals surface area contributed by atoms with E-state index in [-0.39, 0.29) is 12.4 Å². The van der Waals surface area contributed by atoms with Crippen molar-refractivity contribution in [3.63, 3.8) is 0 Å². The molecule has 0 aliphatic carbocycles. The third-order valence-corrected chi connectivity index (χ3v) is 2.36. The van der Waals surface area contributed by atoms with Crippen molar-refractivity contribution >= 4 is 17.9 Å². The third-order valence-electron chi connectivity index (χ3n) is 2.36. The fourth-order valence-electron chi connectivity index (χ4n) is 1.37. The van der Waals surface area contributed by atoms with Crippen molar-refractivity contribution in [3.8, 4) is 0 Å². The van der Waals surface area contributed by atoms with Crippen LogP contribution in [0, 0.1) is 13.8 Å². The maximum absolute atomic E-state index is 11.7. The van der Waals surface area contributed by atoms with Crippen LogP contribution in [0.25, 0.3) is 0 Å². The summed E-state index contributed by atoms with van der Waals surface area (Å²) in [5, 5.41) is 21.2. The zero-order valence-corrected chi connectivity index (χ0v) is 11.3. The number of aryl methyl sites for hydroxylation is 2. The van der Waals surface area contributed by atoms with Crippen molar-refractivity contribution in [1.29, 1.82) is 0 Å². The molecule has 0 unspecified atom stereocenters. The quantitative estimate of drug-likeness (QED) is 0.745. The van der Waals surface area contributed by atoms with E-state index in [2.05, 4.69) is 25.8 Å². The summed E-state index contributed by atoms with van der Waals surface area (Å²) in [6, 6.07) is -0.573. The second-order valence-electron chi connectivity index (χ2n) is 4.84. The summed E-state index contributed by atoms with van der Waals surface area (Å²) in [5.41, 5.74) is 0.468. The summed E-state index contributed by atoms with van der Waals surface area (Å²) >= 11 is 0. The molecule has 1 rings (SSSR count). The molecule has 104 valence electrons. The Morgan fingerprint density at radius 1 is 1.21 bits per heavy atom. The average Bonchev–Trinajstić information content (AvgIpc) is 2.20. The Balaban J connectivity index is 2.64. The van der Waals surface area contributed by atoms with E-state index in [1.807, 2.05) is 0 Å². The SMILES string of the molecule is Cc1nnc(NC(=O)NC(C)(C)CC(=O)O)nc1C. The molecule has 1 aromatic rings. The van der Waals surface area contributed by atoms with Gasteiger partial charge in [-0.1, -0.05) is 0 Å². The Kier molecular flexibility index (Phi) is 4.36. The van der Waals surface area contributed by atoms with Crippen LogP contribution in [-0.4, -0.2) is 37.8 Å². The van der Waals surface area contributed by atoms with Crippen LogP contribution in [0.15, 0.2) is 0 Å². The van der Waals surface area contributed by atoms with Gasteiger partial charge in [0.05, 0.1) is 17.8 Å². The predicted octanol–water partition coefficient (Wildman–Crippen LogP) is 0.863. The van der Waals surface area contributed by atoms with Crippen LogP contribution in [0.3, 0.4) is 0 Å². The molecular formula is C11H17N5O3. The lowest BCUT2D eigenvalue weighted by molar-refractivity contribution is -0.138. The van der Waals surface area contributed by atoms with Crippen LogP contribution < -0.4 is 10.6 Å². The molecule has 3 N–H and O–H groups in total. The maximum atomic E-state index is 11.7. The van der Waals surface area contributed by atoms with E-state index in [1.165, 1.54) is 0 Å². The highest BCUT2D eigenvalue weighted by molar-refractivity contribution is 5.88. The molecule has 8 nitrogen and oxygen atoms in total. The zero-order chi connectivity index (χ0) is 14.6. The number of anilines is 1. The van der Waals surface area contributed by atoms with Gasteiger partial charge in [0.15, 0.2) is 0 Å².